The van der Waals surface area contributed by atoms with Gasteiger partial charge in [0.1, 0.15) is 11.8 Å². The number of hydrogen-bond acceptors (Lipinski definition) is 5. The molecule has 1 aromatic carbocycles. The number of nitrogens with one attached hydrogen (secondary N) is 2. The van der Waals surface area contributed by atoms with Crippen molar-refractivity contribution in [3.8, 4) is 6.07 Å². The van der Waals surface area contributed by atoms with Gasteiger partial charge in [-0.1, -0.05) is 11.6 Å². The van der Waals surface area contributed by atoms with Crippen molar-refractivity contribution in [1.82, 2.24) is 9.47 Å². The molecule has 0 atom stereocenters. The Kier molecular flexibility index (Phi) is 6.04. The van der Waals surface area contributed by atoms with E-state index in [2.05, 4.69) is 16.7 Å². The topological polar surface area (TPSA) is 99.4 Å². The van der Waals surface area contributed by atoms with Crippen molar-refractivity contribution in [1.29, 1.82) is 5.26 Å². The van der Waals surface area contributed by atoms with Gasteiger partial charge in [0.15, 0.2) is 0 Å². The lowest BCUT2D eigenvalue weighted by atomic mass is 10.1. The van der Waals surface area contributed by atoms with E-state index in [0.29, 0.717) is 61.2 Å². The molecule has 1 fully saturated rings. The number of carbonyl (C=O) groups excluding carboxylic acids is 2. The fourth-order valence-electron chi connectivity index (χ4n) is 3.92. The van der Waals surface area contributed by atoms with Crippen LogP contribution in [-0.2, 0) is 22.5 Å². The summed E-state index contributed by atoms with van der Waals surface area (Å²) in [5.41, 5.74) is 2.34. The summed E-state index contributed by atoms with van der Waals surface area (Å²) in [6.45, 7) is 3.35. The summed E-state index contributed by atoms with van der Waals surface area (Å²) >= 11 is 5.91. The number of carbonyl (C=O) groups is 2. The molecule has 2 aliphatic rings. The minimum absolute atomic E-state index is 0.187. The molecule has 3 heterocycles. The first-order chi connectivity index (χ1) is 14.6. The van der Waals surface area contributed by atoms with Gasteiger partial charge in [0.2, 0.25) is 5.91 Å². The molecule has 0 bridgehead atoms. The van der Waals surface area contributed by atoms with Crippen LogP contribution in [0.25, 0.3) is 0 Å². The lowest BCUT2D eigenvalue weighted by molar-refractivity contribution is -0.118. The van der Waals surface area contributed by atoms with Crippen LogP contribution in [0.2, 0.25) is 5.02 Å². The van der Waals surface area contributed by atoms with E-state index in [1.54, 1.807) is 24.3 Å². The molecular formula is C21H22ClN5O3. The largest absolute Gasteiger partial charge is 0.379 e. The zero-order chi connectivity index (χ0) is 21.1. The molecule has 0 aliphatic carbocycles. The highest BCUT2D eigenvalue weighted by Gasteiger charge is 2.31. The van der Waals surface area contributed by atoms with Crippen LogP contribution in [0.4, 0.5) is 11.4 Å². The van der Waals surface area contributed by atoms with Crippen molar-refractivity contribution in [2.75, 3.05) is 43.5 Å². The van der Waals surface area contributed by atoms with Crippen molar-refractivity contribution in [2.24, 2.45) is 0 Å². The van der Waals surface area contributed by atoms with Gasteiger partial charge in [-0.25, -0.2) is 0 Å². The predicted octanol–water partition coefficient (Wildman–Crippen LogP) is 2.48. The normalized spacial score (nSPS) is 16.0. The monoisotopic (exact) mass is 427 g/mol. The summed E-state index contributed by atoms with van der Waals surface area (Å²) < 4.78 is 7.15. The highest BCUT2D eigenvalue weighted by molar-refractivity contribution is 6.30. The second-order valence-corrected chi connectivity index (χ2v) is 7.75. The Bertz CT molecular complexity index is 1000. The number of nitrogens with zero attached hydrogens (tertiary/aromatic N) is 3. The van der Waals surface area contributed by atoms with Crippen molar-refractivity contribution in [2.45, 2.75) is 19.4 Å². The molecule has 0 unspecified atom stereocenters. The van der Waals surface area contributed by atoms with Crippen molar-refractivity contribution < 1.29 is 14.3 Å². The number of fused-ring (bicyclic) bond motifs is 1. The molecule has 2 amide bonds. The van der Waals surface area contributed by atoms with Crippen LogP contribution < -0.4 is 10.6 Å². The average molecular weight is 428 g/mol. The molecule has 8 nitrogen and oxygen atoms in total. The van der Waals surface area contributed by atoms with Crippen molar-refractivity contribution >= 4 is 34.8 Å². The summed E-state index contributed by atoms with van der Waals surface area (Å²) in [6.07, 6.45) is 1.55. The number of nitriles is 1. The third-order valence-electron chi connectivity index (χ3n) is 5.33. The minimum atomic E-state index is -0.372. The fourth-order valence-corrected chi connectivity index (χ4v) is 4.05. The molecule has 30 heavy (non-hydrogen) atoms. The van der Waals surface area contributed by atoms with Crippen LogP contribution in [0.15, 0.2) is 24.3 Å². The van der Waals surface area contributed by atoms with Gasteiger partial charge < -0.3 is 19.9 Å². The summed E-state index contributed by atoms with van der Waals surface area (Å²) in [6, 6.07) is 8.97. The first-order valence-corrected chi connectivity index (χ1v) is 10.3. The number of morpholine rings is 1. The third kappa shape index (κ3) is 4.19. The summed E-state index contributed by atoms with van der Waals surface area (Å²) in [4.78, 5) is 27.8. The molecule has 0 radical (unpaired) electrons. The first-order valence-electron chi connectivity index (χ1n) is 9.89. The molecule has 0 spiro atoms. The molecule has 1 saturated heterocycles. The quantitative estimate of drug-likeness (QED) is 0.763. The number of amides is 2. The van der Waals surface area contributed by atoms with E-state index in [9.17, 15) is 14.9 Å². The smallest absolute Gasteiger partial charge is 0.274 e. The van der Waals surface area contributed by atoms with E-state index >= 15 is 0 Å². The number of aromatic nitrogens is 1. The Hall–Kier alpha value is -2.86. The molecule has 0 saturated carbocycles. The predicted molar refractivity (Wildman–Crippen MR) is 113 cm³/mol. The lowest BCUT2D eigenvalue weighted by Crippen LogP contribution is -2.41. The van der Waals surface area contributed by atoms with Crippen LogP contribution >= 0.6 is 11.6 Å². The van der Waals surface area contributed by atoms with E-state index < -0.39 is 0 Å². The maximum Gasteiger partial charge on any atom is 0.274 e. The molecule has 156 valence electrons. The Morgan fingerprint density at radius 2 is 1.87 bits per heavy atom. The second-order valence-electron chi connectivity index (χ2n) is 7.31. The number of anilines is 2. The SMILES string of the molecule is N#Cc1c(NC(=O)CN2CCOCC2)c(C(=O)Nc2ccc(Cl)cc2)n2c1CCC2. The molecule has 2 N–H and O–H groups in total. The number of rotatable bonds is 5. The molecular weight excluding hydrogens is 406 g/mol. The number of ether oxygens (including phenoxy) is 1. The Morgan fingerprint density at radius 1 is 1.13 bits per heavy atom. The van der Waals surface area contributed by atoms with Gasteiger partial charge in [0, 0.05) is 36.0 Å². The third-order valence-corrected chi connectivity index (χ3v) is 5.58. The van der Waals surface area contributed by atoms with Gasteiger partial charge in [-0.15, -0.1) is 0 Å². The molecule has 2 aliphatic heterocycles. The number of halogens is 1. The van der Waals surface area contributed by atoms with Gasteiger partial charge >= 0.3 is 0 Å². The minimum Gasteiger partial charge on any atom is -0.379 e. The van der Waals surface area contributed by atoms with Crippen molar-refractivity contribution in [3.05, 3.63) is 46.2 Å². The second kappa shape index (κ2) is 8.88. The van der Waals surface area contributed by atoms with Crippen LogP contribution in [0.5, 0.6) is 0 Å². The maximum atomic E-state index is 13.1. The number of hydrogen-bond donors (Lipinski definition) is 2. The van der Waals surface area contributed by atoms with Gasteiger partial charge in [0.05, 0.1) is 31.0 Å². The molecule has 2 aromatic rings. The zero-order valence-corrected chi connectivity index (χ0v) is 17.2. The van der Waals surface area contributed by atoms with E-state index in [-0.39, 0.29) is 24.0 Å². The van der Waals surface area contributed by atoms with E-state index in [4.69, 9.17) is 16.3 Å². The summed E-state index contributed by atoms with van der Waals surface area (Å²) in [5.74, 6) is -0.623. The Balaban J connectivity index is 1.60. The van der Waals surface area contributed by atoms with Crippen LogP contribution in [0.3, 0.4) is 0 Å². The average Bonchev–Trinajstić information content (AvgIpc) is 3.30. The number of benzene rings is 1. The van der Waals surface area contributed by atoms with E-state index in [1.807, 2.05) is 9.47 Å². The van der Waals surface area contributed by atoms with E-state index in [1.165, 1.54) is 0 Å². The summed E-state index contributed by atoms with van der Waals surface area (Å²) in [7, 11) is 0. The van der Waals surface area contributed by atoms with Gasteiger partial charge in [0.25, 0.3) is 5.91 Å². The van der Waals surface area contributed by atoms with Crippen molar-refractivity contribution in [3.63, 3.8) is 0 Å². The highest BCUT2D eigenvalue weighted by Crippen LogP contribution is 2.33. The first kappa shape index (κ1) is 20.4. The molecule has 1 aromatic heterocycles. The van der Waals surface area contributed by atoms with Gasteiger partial charge in [-0.2, -0.15) is 5.26 Å². The van der Waals surface area contributed by atoms with Crippen LogP contribution in [-0.4, -0.2) is 54.1 Å². The van der Waals surface area contributed by atoms with Crippen LogP contribution in [0, 0.1) is 11.3 Å². The Labute approximate surface area is 179 Å². The van der Waals surface area contributed by atoms with Gasteiger partial charge in [-0.05, 0) is 37.1 Å². The van der Waals surface area contributed by atoms with E-state index in [0.717, 1.165) is 12.1 Å². The maximum absolute atomic E-state index is 13.1. The fraction of sp³-hybridized carbons (Fsp3) is 0.381. The van der Waals surface area contributed by atoms with Crippen LogP contribution in [0.1, 0.15) is 28.2 Å². The van der Waals surface area contributed by atoms with Gasteiger partial charge in [-0.3, -0.25) is 14.5 Å². The zero-order valence-electron chi connectivity index (χ0n) is 16.4. The summed E-state index contributed by atoms with van der Waals surface area (Å²) in [5, 5.41) is 16.0. The Morgan fingerprint density at radius 3 is 2.57 bits per heavy atom. The highest BCUT2D eigenvalue weighted by atomic mass is 35.5. The lowest BCUT2D eigenvalue weighted by Gasteiger charge is -2.25. The standard InChI is InChI=1S/C21H22ClN5O3/c22-14-3-5-15(6-4-14)24-21(29)20-19(16(12-23)17-2-1-7-27(17)20)25-18(28)13-26-8-10-30-11-9-26/h3-6H,1-2,7-11,13H2,(H,24,29)(H,25,28). The molecule has 4 rings (SSSR count). The molecule has 9 heteroatoms.